The van der Waals surface area contributed by atoms with E-state index in [1.54, 1.807) is 0 Å². The first-order valence-electron chi connectivity index (χ1n) is 4.67. The molecule has 2 aromatic heterocycles. The second kappa shape index (κ2) is 4.64. The third-order valence-corrected chi connectivity index (χ3v) is 4.07. The quantitative estimate of drug-likeness (QED) is 0.685. The monoisotopic (exact) mass is 268 g/mol. The Morgan fingerprint density at radius 1 is 1.47 bits per heavy atom. The van der Waals surface area contributed by atoms with Gasteiger partial charge in [0.25, 0.3) is 0 Å². The van der Waals surface area contributed by atoms with Crippen LogP contribution in [-0.4, -0.2) is 10.8 Å². The maximum atomic E-state index is 11.0. The number of amides is 1. The minimum absolute atomic E-state index is 0.0615. The van der Waals surface area contributed by atoms with Crippen molar-refractivity contribution in [3.05, 3.63) is 33.7 Å². The van der Waals surface area contributed by atoms with E-state index in [2.05, 4.69) is 5.32 Å². The molecule has 0 aliphatic heterocycles. The third kappa shape index (κ3) is 2.51. The summed E-state index contributed by atoms with van der Waals surface area (Å²) >= 11 is 2.71. The molecule has 0 unspecified atom stereocenters. The predicted octanol–water partition coefficient (Wildman–Crippen LogP) is 3.34. The van der Waals surface area contributed by atoms with Gasteiger partial charge in [-0.25, -0.2) is 0 Å². The van der Waals surface area contributed by atoms with Gasteiger partial charge < -0.3 is 5.32 Å². The van der Waals surface area contributed by atoms with Crippen LogP contribution in [-0.2, 0) is 4.79 Å². The Bertz CT molecular complexity index is 560. The van der Waals surface area contributed by atoms with E-state index in [1.807, 2.05) is 17.5 Å². The lowest BCUT2D eigenvalue weighted by atomic mass is 10.3. The number of anilines is 1. The summed E-state index contributed by atoms with van der Waals surface area (Å²) < 4.78 is 0. The first kappa shape index (κ1) is 11.7. The third-order valence-electron chi connectivity index (χ3n) is 1.96. The van der Waals surface area contributed by atoms with Crippen LogP contribution >= 0.6 is 22.7 Å². The molecule has 0 saturated carbocycles. The van der Waals surface area contributed by atoms with Gasteiger partial charge in [-0.3, -0.25) is 14.9 Å². The molecule has 0 spiro atoms. The molecule has 0 bridgehead atoms. The number of nitro groups is 1. The van der Waals surface area contributed by atoms with Gasteiger partial charge in [0.1, 0.15) is 0 Å². The molecule has 88 valence electrons. The number of carbonyl (C=O) groups excluding carboxylic acids is 1. The van der Waals surface area contributed by atoms with Crippen molar-refractivity contribution >= 4 is 39.3 Å². The molecule has 0 atom stereocenters. The molecule has 0 saturated heterocycles. The van der Waals surface area contributed by atoms with Crippen LogP contribution in [0, 0.1) is 10.1 Å². The standard InChI is InChI=1S/C10H8N2O3S2/c1-6(13)11-10-7(12(14)15)5-9(17-10)8-3-2-4-16-8/h2-5H,1H3,(H,11,13). The van der Waals surface area contributed by atoms with Gasteiger partial charge >= 0.3 is 5.69 Å². The highest BCUT2D eigenvalue weighted by Crippen LogP contribution is 2.41. The molecule has 0 aliphatic carbocycles. The lowest BCUT2D eigenvalue weighted by Crippen LogP contribution is -2.05. The van der Waals surface area contributed by atoms with Crippen molar-refractivity contribution in [2.24, 2.45) is 0 Å². The van der Waals surface area contributed by atoms with Gasteiger partial charge in [-0.05, 0) is 11.4 Å². The highest BCUT2D eigenvalue weighted by atomic mass is 32.1. The number of rotatable bonds is 3. The largest absolute Gasteiger partial charge is 0.312 e. The number of hydrogen-bond acceptors (Lipinski definition) is 5. The second-order valence-electron chi connectivity index (χ2n) is 3.24. The summed E-state index contributed by atoms with van der Waals surface area (Å²) in [7, 11) is 0. The highest BCUT2D eigenvalue weighted by molar-refractivity contribution is 7.24. The topological polar surface area (TPSA) is 72.2 Å². The van der Waals surface area contributed by atoms with Crippen LogP contribution in [0.1, 0.15) is 6.92 Å². The molecule has 0 radical (unpaired) electrons. The van der Waals surface area contributed by atoms with Gasteiger partial charge in [0.2, 0.25) is 5.91 Å². The zero-order chi connectivity index (χ0) is 12.4. The van der Waals surface area contributed by atoms with Gasteiger partial charge in [0.05, 0.1) is 9.80 Å². The van der Waals surface area contributed by atoms with Crippen LogP contribution in [0.2, 0.25) is 0 Å². The fourth-order valence-electron chi connectivity index (χ4n) is 1.31. The number of thiophene rings is 2. The summed E-state index contributed by atoms with van der Waals surface area (Å²) in [5, 5.41) is 15.5. The van der Waals surface area contributed by atoms with E-state index in [9.17, 15) is 14.9 Å². The Morgan fingerprint density at radius 2 is 2.24 bits per heavy atom. The van der Waals surface area contributed by atoms with Crippen molar-refractivity contribution < 1.29 is 9.72 Å². The van der Waals surface area contributed by atoms with Crippen molar-refractivity contribution in [1.29, 1.82) is 0 Å². The average Bonchev–Trinajstić information content (AvgIpc) is 2.82. The number of nitrogens with zero attached hydrogens (tertiary/aromatic N) is 1. The smallest absolute Gasteiger partial charge is 0.304 e. The van der Waals surface area contributed by atoms with E-state index in [4.69, 9.17) is 0 Å². The first-order valence-corrected chi connectivity index (χ1v) is 6.37. The number of nitrogens with one attached hydrogen (secondary N) is 1. The molecular weight excluding hydrogens is 260 g/mol. The summed E-state index contributed by atoms with van der Waals surface area (Å²) in [4.78, 5) is 23.1. The molecule has 2 heterocycles. The van der Waals surface area contributed by atoms with E-state index < -0.39 is 4.92 Å². The molecule has 1 N–H and O–H groups in total. The van der Waals surface area contributed by atoms with E-state index in [0.29, 0.717) is 0 Å². The van der Waals surface area contributed by atoms with Crippen molar-refractivity contribution in [2.75, 3.05) is 5.32 Å². The van der Waals surface area contributed by atoms with Gasteiger partial charge in [0.15, 0.2) is 5.00 Å². The molecule has 5 nitrogen and oxygen atoms in total. The van der Waals surface area contributed by atoms with Crippen LogP contribution in [0.25, 0.3) is 9.75 Å². The normalized spacial score (nSPS) is 10.2. The molecule has 7 heteroatoms. The summed E-state index contributed by atoms with van der Waals surface area (Å²) in [6.45, 7) is 1.33. The average molecular weight is 268 g/mol. The van der Waals surface area contributed by atoms with Crippen molar-refractivity contribution in [3.63, 3.8) is 0 Å². The van der Waals surface area contributed by atoms with Crippen LogP contribution in [0.4, 0.5) is 10.7 Å². The van der Waals surface area contributed by atoms with Gasteiger partial charge in [0, 0.05) is 17.9 Å². The Morgan fingerprint density at radius 3 is 2.76 bits per heavy atom. The Kier molecular flexibility index (Phi) is 3.21. The molecule has 0 aliphatic rings. The Labute approximate surface area is 105 Å². The minimum Gasteiger partial charge on any atom is -0.312 e. The second-order valence-corrected chi connectivity index (χ2v) is 5.24. The predicted molar refractivity (Wildman–Crippen MR) is 68.6 cm³/mol. The molecular formula is C10H8N2O3S2. The van der Waals surface area contributed by atoms with Gasteiger partial charge in [-0.1, -0.05) is 6.07 Å². The van der Waals surface area contributed by atoms with Gasteiger partial charge in [-0.2, -0.15) is 0 Å². The molecule has 1 amide bonds. The summed E-state index contributed by atoms with van der Waals surface area (Å²) in [6, 6.07) is 5.25. The molecule has 17 heavy (non-hydrogen) atoms. The van der Waals surface area contributed by atoms with E-state index in [0.717, 1.165) is 9.75 Å². The van der Waals surface area contributed by atoms with Crippen LogP contribution in [0.15, 0.2) is 23.6 Å². The van der Waals surface area contributed by atoms with E-state index in [1.165, 1.54) is 35.7 Å². The zero-order valence-corrected chi connectivity index (χ0v) is 10.4. The lowest BCUT2D eigenvalue weighted by molar-refractivity contribution is -0.383. The fourth-order valence-corrected chi connectivity index (χ4v) is 3.20. The SMILES string of the molecule is CC(=O)Nc1sc(-c2cccs2)cc1[N+](=O)[O-]. The van der Waals surface area contributed by atoms with Crippen molar-refractivity contribution in [1.82, 2.24) is 0 Å². The minimum atomic E-state index is -0.487. The first-order chi connectivity index (χ1) is 8.08. The van der Waals surface area contributed by atoms with E-state index in [-0.39, 0.29) is 16.6 Å². The Balaban J connectivity index is 2.44. The lowest BCUT2D eigenvalue weighted by Gasteiger charge is -1.95. The maximum absolute atomic E-state index is 11.0. The van der Waals surface area contributed by atoms with Crippen molar-refractivity contribution in [2.45, 2.75) is 6.92 Å². The number of carbonyl (C=O) groups is 1. The summed E-state index contributed by atoms with van der Waals surface area (Å²) in [6.07, 6.45) is 0. The molecule has 0 aromatic carbocycles. The van der Waals surface area contributed by atoms with E-state index >= 15 is 0 Å². The summed E-state index contributed by atoms with van der Waals surface area (Å²) in [5.41, 5.74) is -0.0615. The Hall–Kier alpha value is -1.73. The van der Waals surface area contributed by atoms with Crippen LogP contribution in [0.5, 0.6) is 0 Å². The van der Waals surface area contributed by atoms with Crippen LogP contribution < -0.4 is 5.32 Å². The highest BCUT2D eigenvalue weighted by Gasteiger charge is 2.20. The zero-order valence-electron chi connectivity index (χ0n) is 8.80. The number of hydrogen-bond donors (Lipinski definition) is 1. The van der Waals surface area contributed by atoms with Crippen LogP contribution in [0.3, 0.4) is 0 Å². The molecule has 0 fully saturated rings. The van der Waals surface area contributed by atoms with Gasteiger partial charge in [-0.15, -0.1) is 22.7 Å². The molecule has 2 rings (SSSR count). The molecule has 2 aromatic rings. The summed E-state index contributed by atoms with van der Waals surface area (Å²) in [5.74, 6) is -0.312. The maximum Gasteiger partial charge on any atom is 0.304 e. The van der Waals surface area contributed by atoms with Crippen molar-refractivity contribution in [3.8, 4) is 9.75 Å². The fraction of sp³-hybridized carbons (Fsp3) is 0.100.